The van der Waals surface area contributed by atoms with Crippen LogP contribution in [0.5, 0.6) is 11.5 Å². The molecule has 1 aliphatic rings. The van der Waals surface area contributed by atoms with Crippen molar-refractivity contribution >= 4 is 11.9 Å². The molecule has 0 radical (unpaired) electrons. The second-order valence-electron chi connectivity index (χ2n) is 5.68. The van der Waals surface area contributed by atoms with Gasteiger partial charge < -0.3 is 19.5 Å². The number of aryl methyl sites for hydroxylation is 1. The molecule has 8 heteroatoms. The fourth-order valence-corrected chi connectivity index (χ4v) is 2.78. The largest absolute Gasteiger partial charge is 0.490 e. The first-order valence-electron chi connectivity index (χ1n) is 7.90. The van der Waals surface area contributed by atoms with Crippen LogP contribution in [0.2, 0.25) is 0 Å². The zero-order chi connectivity index (χ0) is 18.0. The Hall–Kier alpha value is -3.03. The summed E-state index contributed by atoms with van der Waals surface area (Å²) in [7, 11) is 1.86. The molecule has 8 nitrogen and oxygen atoms in total. The lowest BCUT2D eigenvalue weighted by Gasteiger charge is -2.17. The standard InChI is InChI=1S/C17H19N3O5/c1-3-24-15-6-11(4-5-14(15)25-10-16(21)22)17(23)20-8-12-7-18-19(2)13(12)9-20/h4-7H,3,8-10H2,1-2H3,(H,21,22). The molecule has 25 heavy (non-hydrogen) atoms. The van der Waals surface area contributed by atoms with E-state index >= 15 is 0 Å². The fourth-order valence-electron chi connectivity index (χ4n) is 2.78. The van der Waals surface area contributed by atoms with Crippen molar-refractivity contribution in [2.24, 2.45) is 7.05 Å². The van der Waals surface area contributed by atoms with Gasteiger partial charge in [-0.25, -0.2) is 4.79 Å². The van der Waals surface area contributed by atoms with Crippen LogP contribution < -0.4 is 9.47 Å². The first-order chi connectivity index (χ1) is 12.0. The number of benzene rings is 1. The molecule has 0 saturated carbocycles. The lowest BCUT2D eigenvalue weighted by molar-refractivity contribution is -0.139. The highest BCUT2D eigenvalue weighted by Gasteiger charge is 2.27. The molecule has 0 spiro atoms. The lowest BCUT2D eigenvalue weighted by Crippen LogP contribution is -2.26. The van der Waals surface area contributed by atoms with Gasteiger partial charge in [0, 0.05) is 24.7 Å². The van der Waals surface area contributed by atoms with Crippen LogP contribution in [0.1, 0.15) is 28.5 Å². The third-order valence-corrected chi connectivity index (χ3v) is 3.98. The Morgan fingerprint density at radius 1 is 1.24 bits per heavy atom. The molecule has 0 atom stereocenters. The number of amides is 1. The zero-order valence-electron chi connectivity index (χ0n) is 14.1. The predicted octanol–water partition coefficient (Wildman–Crippen LogP) is 1.44. The fraction of sp³-hybridized carbons (Fsp3) is 0.353. The summed E-state index contributed by atoms with van der Waals surface area (Å²) in [6.07, 6.45) is 1.77. The van der Waals surface area contributed by atoms with E-state index in [1.54, 1.807) is 40.9 Å². The molecule has 0 unspecified atom stereocenters. The average Bonchev–Trinajstić information content (AvgIpc) is 3.15. The second-order valence-corrected chi connectivity index (χ2v) is 5.68. The number of ether oxygens (including phenoxy) is 2. The van der Waals surface area contributed by atoms with Gasteiger partial charge >= 0.3 is 5.97 Å². The molecule has 0 aliphatic carbocycles. The molecule has 2 aromatic rings. The van der Waals surface area contributed by atoms with E-state index in [0.29, 0.717) is 36.8 Å². The van der Waals surface area contributed by atoms with Crippen molar-refractivity contribution in [1.82, 2.24) is 14.7 Å². The number of hydrogen-bond acceptors (Lipinski definition) is 5. The van der Waals surface area contributed by atoms with Crippen LogP contribution in [-0.4, -0.2) is 44.9 Å². The van der Waals surface area contributed by atoms with Crippen molar-refractivity contribution in [3.05, 3.63) is 41.2 Å². The molecule has 1 aromatic heterocycles. The normalized spacial score (nSPS) is 12.8. The van der Waals surface area contributed by atoms with Crippen molar-refractivity contribution in [2.75, 3.05) is 13.2 Å². The molecule has 132 valence electrons. The van der Waals surface area contributed by atoms with Crippen LogP contribution in [-0.2, 0) is 24.9 Å². The summed E-state index contributed by atoms with van der Waals surface area (Å²) in [5, 5.41) is 12.9. The number of aromatic nitrogens is 2. The van der Waals surface area contributed by atoms with Gasteiger partial charge in [0.15, 0.2) is 18.1 Å². The Bertz CT molecular complexity index is 815. The molecule has 1 amide bonds. The molecule has 1 aliphatic heterocycles. The van der Waals surface area contributed by atoms with Gasteiger partial charge in [0.05, 0.1) is 25.0 Å². The van der Waals surface area contributed by atoms with Crippen molar-refractivity contribution in [3.8, 4) is 11.5 Å². The molecule has 0 fully saturated rings. The third-order valence-electron chi connectivity index (χ3n) is 3.98. The summed E-state index contributed by atoms with van der Waals surface area (Å²) in [6, 6.07) is 4.76. The third kappa shape index (κ3) is 3.42. The van der Waals surface area contributed by atoms with E-state index in [2.05, 4.69) is 5.10 Å². The maximum Gasteiger partial charge on any atom is 0.341 e. The van der Waals surface area contributed by atoms with Crippen molar-refractivity contribution in [2.45, 2.75) is 20.0 Å². The molecule has 2 heterocycles. The van der Waals surface area contributed by atoms with E-state index in [1.165, 1.54) is 0 Å². The summed E-state index contributed by atoms with van der Waals surface area (Å²) >= 11 is 0. The Morgan fingerprint density at radius 3 is 2.72 bits per heavy atom. The Balaban J connectivity index is 1.78. The molecule has 0 saturated heterocycles. The topological polar surface area (TPSA) is 93.9 Å². The SMILES string of the molecule is CCOc1cc(C(=O)N2Cc3cnn(C)c3C2)ccc1OCC(=O)O. The predicted molar refractivity (Wildman–Crippen MR) is 87.5 cm³/mol. The summed E-state index contributed by atoms with van der Waals surface area (Å²) in [4.78, 5) is 25.2. The molecule has 0 bridgehead atoms. The van der Waals surface area contributed by atoms with Gasteiger partial charge in [-0.3, -0.25) is 9.48 Å². The van der Waals surface area contributed by atoms with Crippen molar-refractivity contribution < 1.29 is 24.2 Å². The quantitative estimate of drug-likeness (QED) is 0.851. The number of carboxylic acid groups (broad SMARTS) is 1. The summed E-state index contributed by atoms with van der Waals surface area (Å²) in [6.45, 7) is 2.73. The van der Waals surface area contributed by atoms with Crippen molar-refractivity contribution in [3.63, 3.8) is 0 Å². The Kier molecular flexibility index (Phi) is 4.60. The highest BCUT2D eigenvalue weighted by Crippen LogP contribution is 2.30. The van der Waals surface area contributed by atoms with Crippen molar-refractivity contribution in [1.29, 1.82) is 0 Å². The maximum absolute atomic E-state index is 12.8. The highest BCUT2D eigenvalue weighted by atomic mass is 16.5. The van der Waals surface area contributed by atoms with Gasteiger partial charge in [0.25, 0.3) is 5.91 Å². The average molecular weight is 345 g/mol. The smallest absolute Gasteiger partial charge is 0.341 e. The van der Waals surface area contributed by atoms with E-state index < -0.39 is 12.6 Å². The second kappa shape index (κ2) is 6.84. The number of fused-ring (bicyclic) bond motifs is 1. The number of carboxylic acids is 1. The Morgan fingerprint density at radius 2 is 2.04 bits per heavy atom. The van der Waals surface area contributed by atoms with Gasteiger partial charge in [0.2, 0.25) is 0 Å². The van der Waals surface area contributed by atoms with Gasteiger partial charge in [-0.1, -0.05) is 0 Å². The molecule has 1 N–H and O–H groups in total. The first kappa shape index (κ1) is 16.8. The minimum Gasteiger partial charge on any atom is -0.490 e. The van der Waals surface area contributed by atoms with Gasteiger partial charge in [0.1, 0.15) is 0 Å². The zero-order valence-corrected chi connectivity index (χ0v) is 14.1. The summed E-state index contributed by atoms with van der Waals surface area (Å²) in [5.41, 5.74) is 2.54. The molecule has 1 aromatic carbocycles. The summed E-state index contributed by atoms with van der Waals surface area (Å²) in [5.74, 6) is -0.546. The lowest BCUT2D eigenvalue weighted by atomic mass is 10.1. The molecule has 3 rings (SSSR count). The number of hydrogen-bond donors (Lipinski definition) is 1. The van der Waals surface area contributed by atoms with Gasteiger partial charge in [-0.05, 0) is 25.1 Å². The van der Waals surface area contributed by atoms with Crippen LogP contribution in [0, 0.1) is 0 Å². The van der Waals surface area contributed by atoms with Crippen LogP contribution in [0.3, 0.4) is 0 Å². The molecular formula is C17H19N3O5. The number of nitrogens with zero attached hydrogens (tertiary/aromatic N) is 3. The van der Waals surface area contributed by atoms with E-state index in [0.717, 1.165) is 11.3 Å². The number of rotatable bonds is 6. The van der Waals surface area contributed by atoms with Gasteiger partial charge in [-0.2, -0.15) is 5.10 Å². The van der Waals surface area contributed by atoms with E-state index in [4.69, 9.17) is 14.6 Å². The first-order valence-corrected chi connectivity index (χ1v) is 7.90. The minimum absolute atomic E-state index is 0.123. The summed E-state index contributed by atoms with van der Waals surface area (Å²) < 4.78 is 12.5. The highest BCUT2D eigenvalue weighted by molar-refractivity contribution is 5.95. The maximum atomic E-state index is 12.8. The van der Waals surface area contributed by atoms with Crippen LogP contribution in [0.4, 0.5) is 0 Å². The van der Waals surface area contributed by atoms with Crippen LogP contribution >= 0.6 is 0 Å². The van der Waals surface area contributed by atoms with Crippen LogP contribution in [0.15, 0.2) is 24.4 Å². The monoisotopic (exact) mass is 345 g/mol. The minimum atomic E-state index is -1.08. The number of carbonyl (C=O) groups is 2. The number of carbonyl (C=O) groups excluding carboxylic acids is 1. The van der Waals surface area contributed by atoms with E-state index in [-0.39, 0.29) is 5.91 Å². The number of aliphatic carboxylic acids is 1. The Labute approximate surface area is 144 Å². The van der Waals surface area contributed by atoms with E-state index in [9.17, 15) is 9.59 Å². The van der Waals surface area contributed by atoms with Crippen LogP contribution in [0.25, 0.3) is 0 Å². The van der Waals surface area contributed by atoms with Gasteiger partial charge in [-0.15, -0.1) is 0 Å². The molecular weight excluding hydrogens is 326 g/mol. The van der Waals surface area contributed by atoms with E-state index in [1.807, 2.05) is 7.05 Å².